The van der Waals surface area contributed by atoms with Crippen molar-refractivity contribution in [1.82, 2.24) is 9.97 Å². The standard InChI is InChI=1S/C32H24N2S/c1-3-7-23(8-4-1)19-25-11-13-27-29(21-25)33-17-15-31(27)35-32-16-18-34-30-22-26(12-14-28(30)32)20-24-9-5-2-6-10-24/h1-18,21-22H,19-20H2. The van der Waals surface area contributed by atoms with E-state index in [1.807, 2.05) is 12.4 Å². The normalized spacial score (nSPS) is 11.2. The van der Waals surface area contributed by atoms with Crippen molar-refractivity contribution in [2.24, 2.45) is 0 Å². The molecule has 0 unspecified atom stereocenters. The van der Waals surface area contributed by atoms with Crippen LogP contribution in [0.3, 0.4) is 0 Å². The molecule has 0 N–H and O–H groups in total. The summed E-state index contributed by atoms with van der Waals surface area (Å²) in [5.41, 5.74) is 7.25. The molecule has 2 heterocycles. The summed E-state index contributed by atoms with van der Waals surface area (Å²) >= 11 is 1.79. The Morgan fingerprint density at radius 1 is 0.457 bits per heavy atom. The molecule has 0 amide bonds. The van der Waals surface area contributed by atoms with E-state index < -0.39 is 0 Å². The number of nitrogens with zero attached hydrogens (tertiary/aromatic N) is 2. The second-order valence-corrected chi connectivity index (χ2v) is 9.83. The Morgan fingerprint density at radius 2 is 0.914 bits per heavy atom. The van der Waals surface area contributed by atoms with E-state index in [9.17, 15) is 0 Å². The molecule has 0 aliphatic carbocycles. The van der Waals surface area contributed by atoms with E-state index in [0.29, 0.717) is 0 Å². The van der Waals surface area contributed by atoms with E-state index in [0.717, 1.165) is 23.9 Å². The third-order valence-electron chi connectivity index (χ3n) is 6.26. The molecule has 0 saturated heterocycles. The summed E-state index contributed by atoms with van der Waals surface area (Å²) in [5, 5.41) is 2.36. The van der Waals surface area contributed by atoms with Gasteiger partial charge in [-0.1, -0.05) is 96.7 Å². The zero-order chi connectivity index (χ0) is 23.5. The highest BCUT2D eigenvalue weighted by Crippen LogP contribution is 2.37. The fraction of sp³-hybridized carbons (Fsp3) is 0.0625. The van der Waals surface area contributed by atoms with Crippen LogP contribution in [0.2, 0.25) is 0 Å². The minimum atomic E-state index is 0.913. The molecule has 168 valence electrons. The van der Waals surface area contributed by atoms with Crippen molar-refractivity contribution in [2.45, 2.75) is 22.6 Å². The molecule has 0 bridgehead atoms. The summed E-state index contributed by atoms with van der Waals surface area (Å²) in [6.45, 7) is 0. The fourth-order valence-electron chi connectivity index (χ4n) is 4.51. The third-order valence-corrected chi connectivity index (χ3v) is 7.41. The molecule has 4 aromatic carbocycles. The van der Waals surface area contributed by atoms with Gasteiger partial charge in [0.15, 0.2) is 0 Å². The van der Waals surface area contributed by atoms with Crippen LogP contribution in [0.15, 0.2) is 131 Å². The topological polar surface area (TPSA) is 25.8 Å². The zero-order valence-electron chi connectivity index (χ0n) is 19.3. The lowest BCUT2D eigenvalue weighted by molar-refractivity contribution is 1.19. The highest BCUT2D eigenvalue weighted by atomic mass is 32.2. The Balaban J connectivity index is 1.29. The molecular formula is C32H24N2S. The van der Waals surface area contributed by atoms with Gasteiger partial charge in [0, 0.05) is 33.0 Å². The molecule has 0 fully saturated rings. The highest BCUT2D eigenvalue weighted by Gasteiger charge is 2.10. The number of aromatic nitrogens is 2. The minimum Gasteiger partial charge on any atom is -0.256 e. The molecule has 35 heavy (non-hydrogen) atoms. The Hall–Kier alpha value is -3.95. The van der Waals surface area contributed by atoms with Crippen molar-refractivity contribution in [3.8, 4) is 0 Å². The summed E-state index contributed by atoms with van der Waals surface area (Å²) in [4.78, 5) is 11.8. The zero-order valence-corrected chi connectivity index (χ0v) is 20.1. The number of hydrogen-bond donors (Lipinski definition) is 0. The maximum Gasteiger partial charge on any atom is 0.0716 e. The van der Waals surface area contributed by atoms with E-state index in [1.54, 1.807) is 11.8 Å². The monoisotopic (exact) mass is 468 g/mol. The Bertz CT molecular complexity index is 1490. The number of pyridine rings is 2. The van der Waals surface area contributed by atoms with Gasteiger partial charge in [0.05, 0.1) is 11.0 Å². The van der Waals surface area contributed by atoms with Crippen LogP contribution in [-0.4, -0.2) is 9.97 Å². The van der Waals surface area contributed by atoms with Crippen LogP contribution in [0.4, 0.5) is 0 Å². The minimum absolute atomic E-state index is 0.913. The van der Waals surface area contributed by atoms with Gasteiger partial charge >= 0.3 is 0 Å². The smallest absolute Gasteiger partial charge is 0.0716 e. The lowest BCUT2D eigenvalue weighted by Gasteiger charge is -2.11. The average molecular weight is 469 g/mol. The summed E-state index contributed by atoms with van der Waals surface area (Å²) < 4.78 is 0. The molecule has 6 aromatic rings. The molecule has 3 heteroatoms. The predicted octanol–water partition coefficient (Wildman–Crippen LogP) is 8.12. The second-order valence-electron chi connectivity index (χ2n) is 8.75. The summed E-state index contributed by atoms with van der Waals surface area (Å²) in [6.07, 6.45) is 5.66. The van der Waals surface area contributed by atoms with Crippen LogP contribution in [0.25, 0.3) is 21.8 Å². The van der Waals surface area contributed by atoms with E-state index in [1.165, 1.54) is 42.8 Å². The van der Waals surface area contributed by atoms with Gasteiger partial charge in [0.1, 0.15) is 0 Å². The summed E-state index contributed by atoms with van der Waals surface area (Å²) in [5.74, 6) is 0. The van der Waals surface area contributed by atoms with Crippen LogP contribution in [-0.2, 0) is 12.8 Å². The van der Waals surface area contributed by atoms with Crippen molar-refractivity contribution in [3.05, 3.63) is 144 Å². The SMILES string of the molecule is c1ccc(Cc2ccc3c(Sc4ccnc5cc(Cc6ccccc6)ccc45)ccnc3c2)cc1. The van der Waals surface area contributed by atoms with E-state index in [-0.39, 0.29) is 0 Å². The molecule has 0 aliphatic rings. The largest absolute Gasteiger partial charge is 0.256 e. The Kier molecular flexibility index (Phi) is 6.00. The van der Waals surface area contributed by atoms with Gasteiger partial charge in [0.25, 0.3) is 0 Å². The highest BCUT2D eigenvalue weighted by molar-refractivity contribution is 7.99. The van der Waals surface area contributed by atoms with Gasteiger partial charge in [-0.3, -0.25) is 9.97 Å². The lowest BCUT2D eigenvalue weighted by atomic mass is 10.0. The molecule has 2 aromatic heterocycles. The van der Waals surface area contributed by atoms with Gasteiger partial charge in [-0.2, -0.15) is 0 Å². The first-order valence-corrected chi connectivity index (χ1v) is 12.6. The van der Waals surface area contributed by atoms with Gasteiger partial charge < -0.3 is 0 Å². The van der Waals surface area contributed by atoms with E-state index in [4.69, 9.17) is 0 Å². The van der Waals surface area contributed by atoms with Crippen molar-refractivity contribution in [3.63, 3.8) is 0 Å². The Morgan fingerprint density at radius 3 is 1.37 bits per heavy atom. The van der Waals surface area contributed by atoms with Gasteiger partial charge in [-0.15, -0.1) is 0 Å². The van der Waals surface area contributed by atoms with Crippen molar-refractivity contribution in [2.75, 3.05) is 0 Å². The fourth-order valence-corrected chi connectivity index (χ4v) is 5.57. The number of rotatable bonds is 6. The number of fused-ring (bicyclic) bond motifs is 2. The molecule has 0 aliphatic heterocycles. The van der Waals surface area contributed by atoms with Crippen LogP contribution >= 0.6 is 11.8 Å². The first-order chi connectivity index (χ1) is 17.3. The van der Waals surface area contributed by atoms with Crippen LogP contribution < -0.4 is 0 Å². The number of hydrogen-bond acceptors (Lipinski definition) is 3. The summed E-state index contributed by atoms with van der Waals surface area (Å²) in [6, 6.07) is 38.7. The maximum absolute atomic E-state index is 4.67. The second kappa shape index (κ2) is 9.73. The third kappa shape index (κ3) is 4.82. The average Bonchev–Trinajstić information content (AvgIpc) is 2.90. The predicted molar refractivity (Wildman–Crippen MR) is 146 cm³/mol. The molecule has 0 radical (unpaired) electrons. The van der Waals surface area contributed by atoms with Crippen LogP contribution in [0.1, 0.15) is 22.3 Å². The van der Waals surface area contributed by atoms with Crippen molar-refractivity contribution >= 4 is 33.6 Å². The maximum atomic E-state index is 4.67. The van der Waals surface area contributed by atoms with Crippen molar-refractivity contribution in [1.29, 1.82) is 0 Å². The molecule has 2 nitrogen and oxygen atoms in total. The summed E-state index contributed by atoms with van der Waals surface area (Å²) in [7, 11) is 0. The van der Waals surface area contributed by atoms with E-state index in [2.05, 4.69) is 119 Å². The molecular weight excluding hydrogens is 444 g/mol. The van der Waals surface area contributed by atoms with Gasteiger partial charge in [-0.05, 0) is 59.4 Å². The van der Waals surface area contributed by atoms with Gasteiger partial charge in [0.2, 0.25) is 0 Å². The molecule has 0 spiro atoms. The number of benzene rings is 4. The molecule has 6 rings (SSSR count). The quantitative estimate of drug-likeness (QED) is 0.247. The first kappa shape index (κ1) is 21.6. The van der Waals surface area contributed by atoms with E-state index >= 15 is 0 Å². The molecule has 0 saturated carbocycles. The molecule has 0 atom stereocenters. The van der Waals surface area contributed by atoms with Crippen LogP contribution in [0, 0.1) is 0 Å². The van der Waals surface area contributed by atoms with Gasteiger partial charge in [-0.25, -0.2) is 0 Å². The van der Waals surface area contributed by atoms with Crippen LogP contribution in [0.5, 0.6) is 0 Å². The lowest BCUT2D eigenvalue weighted by Crippen LogP contribution is -1.91. The first-order valence-electron chi connectivity index (χ1n) is 11.8. The van der Waals surface area contributed by atoms with Crippen molar-refractivity contribution < 1.29 is 0 Å². The Labute approximate surface area is 209 Å².